The van der Waals surface area contributed by atoms with Crippen LogP contribution in [0.2, 0.25) is 0 Å². The Morgan fingerprint density at radius 1 is 1.42 bits per heavy atom. The number of hydrogen-bond acceptors (Lipinski definition) is 5. The van der Waals surface area contributed by atoms with Gasteiger partial charge in [-0.1, -0.05) is 0 Å². The van der Waals surface area contributed by atoms with E-state index in [4.69, 9.17) is 14.6 Å². The molecule has 0 radical (unpaired) electrons. The lowest BCUT2D eigenvalue weighted by molar-refractivity contribution is -0.145. The summed E-state index contributed by atoms with van der Waals surface area (Å²) in [7, 11) is -1.98. The highest BCUT2D eigenvalue weighted by atomic mass is 32.2. The molecule has 0 saturated carbocycles. The zero-order valence-corrected chi connectivity index (χ0v) is 11.7. The molecule has 0 bridgehead atoms. The first kappa shape index (κ1) is 16.3. The van der Waals surface area contributed by atoms with Gasteiger partial charge in [-0.15, -0.1) is 0 Å². The van der Waals surface area contributed by atoms with Crippen molar-refractivity contribution in [2.24, 2.45) is 0 Å². The number of rotatable bonds is 8. The minimum Gasteiger partial charge on any atom is -0.480 e. The molecule has 19 heavy (non-hydrogen) atoms. The summed E-state index contributed by atoms with van der Waals surface area (Å²) in [5, 5.41) is 8.49. The van der Waals surface area contributed by atoms with Gasteiger partial charge in [0.25, 0.3) is 10.2 Å². The number of carbonyl (C=O) groups is 1. The summed E-state index contributed by atoms with van der Waals surface area (Å²) in [6, 6.07) is 0. The van der Waals surface area contributed by atoms with Gasteiger partial charge in [-0.25, -0.2) is 4.79 Å². The van der Waals surface area contributed by atoms with Gasteiger partial charge in [-0.05, 0) is 12.8 Å². The van der Waals surface area contributed by atoms with Gasteiger partial charge in [-0.2, -0.15) is 17.4 Å². The number of nitrogens with zero attached hydrogens (tertiary/aromatic N) is 1. The summed E-state index contributed by atoms with van der Waals surface area (Å²) in [5.74, 6) is -1.02. The van der Waals surface area contributed by atoms with Gasteiger partial charge in [0.05, 0.1) is 12.7 Å². The molecule has 0 unspecified atom stereocenters. The topological polar surface area (TPSA) is 105 Å². The van der Waals surface area contributed by atoms with Crippen molar-refractivity contribution in [3.63, 3.8) is 0 Å². The van der Waals surface area contributed by atoms with Crippen LogP contribution in [0.1, 0.15) is 12.8 Å². The van der Waals surface area contributed by atoms with Crippen LogP contribution in [0.25, 0.3) is 0 Å². The summed E-state index contributed by atoms with van der Waals surface area (Å²) < 4.78 is 37.4. The van der Waals surface area contributed by atoms with Crippen LogP contribution >= 0.6 is 0 Å². The van der Waals surface area contributed by atoms with E-state index in [1.165, 1.54) is 11.4 Å². The van der Waals surface area contributed by atoms with Gasteiger partial charge in [0, 0.05) is 26.7 Å². The number of aliphatic carboxylic acids is 1. The van der Waals surface area contributed by atoms with Gasteiger partial charge in [0.15, 0.2) is 0 Å². The first-order chi connectivity index (χ1) is 8.95. The predicted molar refractivity (Wildman–Crippen MR) is 67.0 cm³/mol. The van der Waals surface area contributed by atoms with Crippen LogP contribution in [-0.2, 0) is 24.5 Å². The maximum absolute atomic E-state index is 11.9. The molecule has 8 nitrogen and oxygen atoms in total. The van der Waals surface area contributed by atoms with Crippen molar-refractivity contribution >= 4 is 16.2 Å². The molecule has 1 saturated heterocycles. The van der Waals surface area contributed by atoms with E-state index in [1.807, 2.05) is 0 Å². The first-order valence-corrected chi connectivity index (χ1v) is 7.47. The molecule has 1 rings (SSSR count). The highest BCUT2D eigenvalue weighted by Crippen LogP contribution is 2.15. The predicted octanol–water partition coefficient (Wildman–Crippen LogP) is -0.967. The molecular weight excluding hydrogens is 276 g/mol. The number of methoxy groups -OCH3 is 1. The number of piperidine rings is 1. The molecule has 0 spiro atoms. The zero-order valence-electron chi connectivity index (χ0n) is 10.9. The quantitative estimate of drug-likeness (QED) is 0.559. The maximum Gasteiger partial charge on any atom is 0.329 e. The minimum absolute atomic E-state index is 0.193. The van der Waals surface area contributed by atoms with Crippen molar-refractivity contribution < 1.29 is 27.8 Å². The minimum atomic E-state index is -3.48. The van der Waals surface area contributed by atoms with Crippen molar-refractivity contribution in [2.75, 3.05) is 40.0 Å². The Kier molecular flexibility index (Phi) is 6.66. The molecule has 1 aliphatic rings. The Hall–Kier alpha value is -0.740. The Labute approximate surface area is 112 Å². The van der Waals surface area contributed by atoms with Crippen LogP contribution in [0.3, 0.4) is 0 Å². The second-order valence-corrected chi connectivity index (χ2v) is 5.95. The summed E-state index contributed by atoms with van der Waals surface area (Å²) in [6.45, 7) is 0.856. The Bertz CT molecular complexity index is 377. The number of nitrogens with one attached hydrogen (secondary N) is 1. The Morgan fingerprint density at radius 3 is 2.58 bits per heavy atom. The van der Waals surface area contributed by atoms with E-state index < -0.39 is 16.2 Å². The number of ether oxygens (including phenoxy) is 2. The van der Waals surface area contributed by atoms with Gasteiger partial charge < -0.3 is 14.6 Å². The molecule has 0 atom stereocenters. The second-order valence-electron chi connectivity index (χ2n) is 4.20. The monoisotopic (exact) mass is 296 g/mol. The SMILES string of the molecule is COCCNS(=O)(=O)N1CCC(OCC(=O)O)CC1. The first-order valence-electron chi connectivity index (χ1n) is 6.03. The number of carboxylic acid groups (broad SMARTS) is 1. The summed E-state index contributed by atoms with van der Waals surface area (Å²) in [5.41, 5.74) is 0. The average molecular weight is 296 g/mol. The molecule has 0 aromatic heterocycles. The fourth-order valence-electron chi connectivity index (χ4n) is 1.79. The van der Waals surface area contributed by atoms with E-state index in [9.17, 15) is 13.2 Å². The summed E-state index contributed by atoms with van der Waals surface area (Å²) in [4.78, 5) is 10.4. The molecule has 0 aromatic rings. The van der Waals surface area contributed by atoms with Crippen LogP contribution in [0.5, 0.6) is 0 Å². The van der Waals surface area contributed by atoms with Gasteiger partial charge in [0.1, 0.15) is 6.61 Å². The molecule has 1 aliphatic heterocycles. The molecule has 0 aromatic carbocycles. The number of hydrogen-bond donors (Lipinski definition) is 2. The van der Waals surface area contributed by atoms with E-state index in [-0.39, 0.29) is 19.3 Å². The lowest BCUT2D eigenvalue weighted by Gasteiger charge is -2.30. The third-order valence-electron chi connectivity index (χ3n) is 2.77. The maximum atomic E-state index is 11.9. The van der Waals surface area contributed by atoms with Crippen LogP contribution in [0, 0.1) is 0 Å². The van der Waals surface area contributed by atoms with Crippen molar-refractivity contribution in [3.05, 3.63) is 0 Å². The fourth-order valence-corrected chi connectivity index (χ4v) is 3.01. The fraction of sp³-hybridized carbons (Fsp3) is 0.900. The average Bonchev–Trinajstić information content (AvgIpc) is 2.37. The van der Waals surface area contributed by atoms with Crippen LogP contribution in [0.15, 0.2) is 0 Å². The summed E-state index contributed by atoms with van der Waals surface area (Å²) in [6.07, 6.45) is 0.804. The zero-order chi connectivity index (χ0) is 14.3. The van der Waals surface area contributed by atoms with Crippen LogP contribution in [0.4, 0.5) is 0 Å². The molecule has 1 fully saturated rings. The van der Waals surface area contributed by atoms with Crippen LogP contribution < -0.4 is 4.72 Å². The lowest BCUT2D eigenvalue weighted by Crippen LogP contribution is -2.47. The van der Waals surface area contributed by atoms with E-state index >= 15 is 0 Å². The highest BCUT2D eigenvalue weighted by molar-refractivity contribution is 7.87. The third-order valence-corrected chi connectivity index (χ3v) is 4.39. The molecule has 9 heteroatoms. The standard InChI is InChI=1S/C10H20N2O6S/c1-17-7-4-11-19(15,16)12-5-2-9(3-6-12)18-8-10(13)14/h9,11H,2-8H2,1H3,(H,13,14). The lowest BCUT2D eigenvalue weighted by atomic mass is 10.1. The molecule has 0 amide bonds. The van der Waals surface area contributed by atoms with Gasteiger partial charge in [0.2, 0.25) is 0 Å². The largest absolute Gasteiger partial charge is 0.480 e. The van der Waals surface area contributed by atoms with Gasteiger partial charge >= 0.3 is 5.97 Å². The van der Waals surface area contributed by atoms with Crippen molar-refractivity contribution in [2.45, 2.75) is 18.9 Å². The second kappa shape index (κ2) is 7.75. The smallest absolute Gasteiger partial charge is 0.329 e. The Balaban J connectivity index is 2.34. The van der Waals surface area contributed by atoms with Crippen molar-refractivity contribution in [1.29, 1.82) is 0 Å². The highest BCUT2D eigenvalue weighted by Gasteiger charge is 2.28. The van der Waals surface area contributed by atoms with E-state index in [0.29, 0.717) is 32.5 Å². The molecular formula is C10H20N2O6S. The molecule has 0 aliphatic carbocycles. The summed E-state index contributed by atoms with van der Waals surface area (Å²) >= 11 is 0. The van der Waals surface area contributed by atoms with Gasteiger partial charge in [-0.3, -0.25) is 0 Å². The number of carboxylic acids is 1. The molecule has 1 heterocycles. The van der Waals surface area contributed by atoms with E-state index in [2.05, 4.69) is 4.72 Å². The Morgan fingerprint density at radius 2 is 2.05 bits per heavy atom. The van der Waals surface area contributed by atoms with E-state index in [0.717, 1.165) is 0 Å². The third kappa shape index (κ3) is 5.83. The van der Waals surface area contributed by atoms with Crippen LogP contribution in [-0.4, -0.2) is 69.9 Å². The molecule has 2 N–H and O–H groups in total. The van der Waals surface area contributed by atoms with Crippen molar-refractivity contribution in [1.82, 2.24) is 9.03 Å². The molecule has 112 valence electrons. The normalized spacial score (nSPS) is 18.6. The van der Waals surface area contributed by atoms with E-state index in [1.54, 1.807) is 0 Å². The van der Waals surface area contributed by atoms with Crippen molar-refractivity contribution in [3.8, 4) is 0 Å².